The number of nitrogens with zero attached hydrogens (tertiary/aromatic N) is 5. The van der Waals surface area contributed by atoms with Crippen molar-refractivity contribution >= 4 is 27.8 Å². The first kappa shape index (κ1) is 22.7. The van der Waals surface area contributed by atoms with Crippen LogP contribution in [-0.2, 0) is 23.3 Å². The molecule has 1 atom stereocenters. The zero-order chi connectivity index (χ0) is 23.9. The second kappa shape index (κ2) is 8.46. The standard InChI is InChI=1S/C24H30N6O3/c1-7-15(3)26-18(31)11-30-17-9-8-14(2)10-16(17)20-21(30)22(32)29(13-25-20)12-19-27-23(28-33-19)24(4,5)6/h8-10,13,15H,7,11-12H2,1-6H3,(H,26,31). The average molecular weight is 451 g/mol. The Balaban J connectivity index is 1.82. The van der Waals surface area contributed by atoms with Crippen LogP contribution >= 0.6 is 0 Å². The maximum Gasteiger partial charge on any atom is 0.278 e. The highest BCUT2D eigenvalue weighted by molar-refractivity contribution is 6.06. The van der Waals surface area contributed by atoms with Crippen LogP contribution in [0.4, 0.5) is 0 Å². The molecule has 4 rings (SSSR count). The van der Waals surface area contributed by atoms with Crippen LogP contribution in [0.3, 0.4) is 0 Å². The first-order chi connectivity index (χ1) is 15.6. The minimum absolute atomic E-state index is 0.0308. The molecule has 174 valence electrons. The van der Waals surface area contributed by atoms with Gasteiger partial charge in [0.1, 0.15) is 24.1 Å². The van der Waals surface area contributed by atoms with Gasteiger partial charge in [0, 0.05) is 16.8 Å². The van der Waals surface area contributed by atoms with Crippen LogP contribution in [0.2, 0.25) is 0 Å². The minimum Gasteiger partial charge on any atom is -0.352 e. The topological polar surface area (TPSA) is 108 Å². The predicted molar refractivity (Wildman–Crippen MR) is 126 cm³/mol. The van der Waals surface area contributed by atoms with Gasteiger partial charge in [-0.3, -0.25) is 14.2 Å². The molecule has 3 aromatic heterocycles. The number of aromatic nitrogens is 5. The monoisotopic (exact) mass is 450 g/mol. The number of aryl methyl sites for hydroxylation is 1. The fourth-order valence-electron chi connectivity index (χ4n) is 3.73. The normalized spacial score (nSPS) is 13.0. The van der Waals surface area contributed by atoms with Gasteiger partial charge in [0.25, 0.3) is 5.56 Å². The van der Waals surface area contributed by atoms with E-state index in [-0.39, 0.29) is 36.0 Å². The number of rotatable bonds is 6. The number of fused-ring (bicyclic) bond motifs is 3. The van der Waals surface area contributed by atoms with Gasteiger partial charge in [-0.05, 0) is 32.4 Å². The van der Waals surface area contributed by atoms with Gasteiger partial charge >= 0.3 is 0 Å². The van der Waals surface area contributed by atoms with Crippen LogP contribution in [0.15, 0.2) is 33.8 Å². The lowest BCUT2D eigenvalue weighted by Gasteiger charge is -2.13. The van der Waals surface area contributed by atoms with Gasteiger partial charge in [-0.15, -0.1) is 0 Å². The van der Waals surface area contributed by atoms with Gasteiger partial charge in [-0.25, -0.2) is 4.98 Å². The van der Waals surface area contributed by atoms with Crippen LogP contribution in [0.1, 0.15) is 58.3 Å². The van der Waals surface area contributed by atoms with Gasteiger partial charge < -0.3 is 14.4 Å². The SMILES string of the molecule is CCC(C)NC(=O)Cn1c2ccc(C)cc2c2ncn(Cc3nc(C(C)(C)C)no3)c(=O)c21. The predicted octanol–water partition coefficient (Wildman–Crippen LogP) is 3.30. The Morgan fingerprint density at radius 2 is 2.03 bits per heavy atom. The van der Waals surface area contributed by atoms with Crippen molar-refractivity contribution in [2.75, 3.05) is 0 Å². The van der Waals surface area contributed by atoms with Crippen LogP contribution < -0.4 is 10.9 Å². The molecule has 0 aliphatic carbocycles. The van der Waals surface area contributed by atoms with Crippen molar-refractivity contribution in [1.29, 1.82) is 0 Å². The lowest BCUT2D eigenvalue weighted by atomic mass is 9.96. The molecule has 0 radical (unpaired) electrons. The van der Waals surface area contributed by atoms with Crippen LogP contribution in [0.25, 0.3) is 21.9 Å². The number of nitrogens with one attached hydrogen (secondary N) is 1. The fourth-order valence-corrected chi connectivity index (χ4v) is 3.73. The smallest absolute Gasteiger partial charge is 0.278 e. The second-order valence-electron chi connectivity index (χ2n) is 9.62. The molecule has 0 bridgehead atoms. The summed E-state index contributed by atoms with van der Waals surface area (Å²) >= 11 is 0. The average Bonchev–Trinajstić information content (AvgIpc) is 3.33. The molecule has 0 aliphatic heterocycles. The van der Waals surface area contributed by atoms with Crippen molar-refractivity contribution < 1.29 is 9.32 Å². The van der Waals surface area contributed by atoms with E-state index in [2.05, 4.69) is 20.4 Å². The summed E-state index contributed by atoms with van der Waals surface area (Å²) in [6.45, 7) is 12.1. The molecule has 9 nitrogen and oxygen atoms in total. The largest absolute Gasteiger partial charge is 0.352 e. The first-order valence-corrected chi connectivity index (χ1v) is 11.2. The van der Waals surface area contributed by atoms with Crippen molar-refractivity contribution in [1.82, 2.24) is 29.6 Å². The quantitative estimate of drug-likeness (QED) is 0.483. The highest BCUT2D eigenvalue weighted by Crippen LogP contribution is 2.26. The summed E-state index contributed by atoms with van der Waals surface area (Å²) in [6, 6.07) is 5.94. The third kappa shape index (κ3) is 4.40. The van der Waals surface area contributed by atoms with Gasteiger partial charge in [0.15, 0.2) is 5.82 Å². The maximum atomic E-state index is 13.6. The summed E-state index contributed by atoms with van der Waals surface area (Å²) in [7, 11) is 0. The summed E-state index contributed by atoms with van der Waals surface area (Å²) in [6.07, 6.45) is 2.32. The van der Waals surface area contributed by atoms with Crippen molar-refractivity contribution in [3.63, 3.8) is 0 Å². The Bertz CT molecular complexity index is 1390. The molecule has 33 heavy (non-hydrogen) atoms. The fraction of sp³-hybridized carbons (Fsp3) is 0.458. The highest BCUT2D eigenvalue weighted by atomic mass is 16.5. The van der Waals surface area contributed by atoms with Crippen molar-refractivity contribution in [2.45, 2.75) is 72.5 Å². The van der Waals surface area contributed by atoms with Gasteiger partial charge in [-0.1, -0.05) is 44.5 Å². The zero-order valence-electron chi connectivity index (χ0n) is 20.0. The molecule has 1 N–H and O–H groups in total. The van der Waals surface area contributed by atoms with Crippen LogP contribution in [0.5, 0.6) is 0 Å². The van der Waals surface area contributed by atoms with E-state index in [9.17, 15) is 9.59 Å². The first-order valence-electron chi connectivity index (χ1n) is 11.2. The van der Waals surface area contributed by atoms with Gasteiger partial charge in [0.05, 0.1) is 11.8 Å². The zero-order valence-corrected chi connectivity index (χ0v) is 20.0. The molecule has 1 aromatic carbocycles. The third-order valence-electron chi connectivity index (χ3n) is 5.75. The molecule has 3 heterocycles. The third-order valence-corrected chi connectivity index (χ3v) is 5.75. The van der Waals surface area contributed by atoms with E-state index < -0.39 is 0 Å². The number of amides is 1. The van der Waals surface area contributed by atoms with E-state index in [0.717, 1.165) is 22.9 Å². The molecule has 0 saturated heterocycles. The van der Waals surface area contributed by atoms with E-state index in [0.29, 0.717) is 22.7 Å². The van der Waals surface area contributed by atoms with E-state index in [4.69, 9.17) is 4.52 Å². The van der Waals surface area contributed by atoms with Gasteiger partial charge in [0.2, 0.25) is 11.8 Å². The summed E-state index contributed by atoms with van der Waals surface area (Å²) < 4.78 is 8.56. The Morgan fingerprint density at radius 3 is 2.70 bits per heavy atom. The highest BCUT2D eigenvalue weighted by Gasteiger charge is 2.23. The Hall–Kier alpha value is -3.49. The molecule has 0 saturated carbocycles. The molecule has 4 aromatic rings. The molecule has 0 fully saturated rings. The number of carbonyl (C=O) groups is 1. The maximum absolute atomic E-state index is 13.6. The molecule has 0 aliphatic rings. The summed E-state index contributed by atoms with van der Waals surface area (Å²) in [5, 5.41) is 7.86. The number of hydrogen-bond donors (Lipinski definition) is 1. The summed E-state index contributed by atoms with van der Waals surface area (Å²) in [4.78, 5) is 35.3. The van der Waals surface area contributed by atoms with E-state index >= 15 is 0 Å². The second-order valence-corrected chi connectivity index (χ2v) is 9.62. The van der Waals surface area contributed by atoms with Crippen molar-refractivity contribution in [3.8, 4) is 0 Å². The molecule has 9 heteroatoms. The van der Waals surface area contributed by atoms with Crippen LogP contribution in [0, 0.1) is 6.92 Å². The summed E-state index contributed by atoms with van der Waals surface area (Å²) in [5.41, 5.74) is 2.28. The van der Waals surface area contributed by atoms with Crippen molar-refractivity contribution in [3.05, 3.63) is 52.2 Å². The minimum atomic E-state index is -0.263. The Kier molecular flexibility index (Phi) is 5.82. The molecular formula is C24H30N6O3. The van der Waals surface area contributed by atoms with Crippen LogP contribution in [-0.4, -0.2) is 36.2 Å². The molecule has 1 amide bonds. The van der Waals surface area contributed by atoms with E-state index in [1.807, 2.05) is 59.7 Å². The molecular weight excluding hydrogens is 420 g/mol. The number of hydrogen-bond acceptors (Lipinski definition) is 6. The number of carbonyl (C=O) groups excluding carboxylic acids is 1. The Labute approximate surface area is 191 Å². The summed E-state index contributed by atoms with van der Waals surface area (Å²) in [5.74, 6) is 0.757. The lowest BCUT2D eigenvalue weighted by Crippen LogP contribution is -2.35. The Morgan fingerprint density at radius 1 is 1.27 bits per heavy atom. The molecule has 1 unspecified atom stereocenters. The lowest BCUT2D eigenvalue weighted by molar-refractivity contribution is -0.122. The molecule has 0 spiro atoms. The van der Waals surface area contributed by atoms with Gasteiger partial charge in [-0.2, -0.15) is 4.98 Å². The number of benzene rings is 1. The van der Waals surface area contributed by atoms with E-state index in [1.54, 1.807) is 4.57 Å². The van der Waals surface area contributed by atoms with Crippen molar-refractivity contribution in [2.24, 2.45) is 0 Å². The van der Waals surface area contributed by atoms with E-state index in [1.165, 1.54) is 10.9 Å².